The number of nitrogens with one attached hydrogen (secondary N) is 2. The minimum absolute atomic E-state index is 0.219. The predicted octanol–water partition coefficient (Wildman–Crippen LogP) is 0.736. The monoisotopic (exact) mass is 154 g/mol. The van der Waals surface area contributed by atoms with Gasteiger partial charge in [-0.25, -0.2) is 5.43 Å². The first kappa shape index (κ1) is 8.27. The SMILES string of the molecule is CC(=O)CC1=C(C)NNC1C. The smallest absolute Gasteiger partial charge is 0.133 e. The van der Waals surface area contributed by atoms with Crippen molar-refractivity contribution in [2.75, 3.05) is 0 Å². The van der Waals surface area contributed by atoms with E-state index in [4.69, 9.17) is 0 Å². The van der Waals surface area contributed by atoms with Gasteiger partial charge in [0.2, 0.25) is 0 Å². The van der Waals surface area contributed by atoms with Gasteiger partial charge in [-0.1, -0.05) is 0 Å². The second-order valence-electron chi connectivity index (χ2n) is 3.02. The number of carbonyl (C=O) groups is 1. The van der Waals surface area contributed by atoms with Gasteiger partial charge in [0, 0.05) is 18.2 Å². The lowest BCUT2D eigenvalue weighted by atomic mass is 10.0. The van der Waals surface area contributed by atoms with E-state index in [1.165, 1.54) is 5.57 Å². The van der Waals surface area contributed by atoms with Crippen LogP contribution < -0.4 is 10.9 Å². The first-order valence-corrected chi connectivity index (χ1v) is 3.82. The third-order valence-corrected chi connectivity index (χ3v) is 1.92. The van der Waals surface area contributed by atoms with Crippen LogP contribution in [0.2, 0.25) is 0 Å². The van der Waals surface area contributed by atoms with E-state index < -0.39 is 0 Å². The Morgan fingerprint density at radius 3 is 2.64 bits per heavy atom. The summed E-state index contributed by atoms with van der Waals surface area (Å²) in [6.45, 7) is 5.64. The van der Waals surface area contributed by atoms with Crippen molar-refractivity contribution >= 4 is 5.78 Å². The molecule has 1 aliphatic rings. The summed E-state index contributed by atoms with van der Waals surface area (Å²) in [6, 6.07) is 0.291. The molecule has 0 aromatic carbocycles. The molecule has 2 N–H and O–H groups in total. The van der Waals surface area contributed by atoms with Gasteiger partial charge in [-0.3, -0.25) is 4.79 Å². The Labute approximate surface area is 66.8 Å². The van der Waals surface area contributed by atoms with E-state index in [-0.39, 0.29) is 5.78 Å². The molecule has 1 rings (SSSR count). The second-order valence-corrected chi connectivity index (χ2v) is 3.02. The number of rotatable bonds is 2. The molecule has 3 nitrogen and oxygen atoms in total. The number of hydrazine groups is 1. The number of ketones is 1. The molecule has 0 aromatic heterocycles. The quantitative estimate of drug-likeness (QED) is 0.616. The van der Waals surface area contributed by atoms with Gasteiger partial charge in [0.1, 0.15) is 5.78 Å². The zero-order chi connectivity index (χ0) is 8.43. The first-order chi connectivity index (χ1) is 5.11. The van der Waals surface area contributed by atoms with E-state index in [1.807, 2.05) is 13.8 Å². The number of carbonyl (C=O) groups excluding carboxylic acids is 1. The lowest BCUT2D eigenvalue weighted by Gasteiger charge is -2.05. The second kappa shape index (κ2) is 3.05. The van der Waals surface area contributed by atoms with Gasteiger partial charge >= 0.3 is 0 Å². The number of hydrogen-bond donors (Lipinski definition) is 2. The Hall–Kier alpha value is -0.830. The lowest BCUT2D eigenvalue weighted by Crippen LogP contribution is -2.30. The molecule has 0 bridgehead atoms. The molecule has 0 saturated heterocycles. The summed E-state index contributed by atoms with van der Waals surface area (Å²) in [6.07, 6.45) is 0.562. The van der Waals surface area contributed by atoms with Crippen molar-refractivity contribution in [3.05, 3.63) is 11.3 Å². The zero-order valence-corrected chi connectivity index (χ0v) is 7.19. The van der Waals surface area contributed by atoms with Gasteiger partial charge in [-0.05, 0) is 26.3 Å². The zero-order valence-electron chi connectivity index (χ0n) is 7.19. The number of hydrogen-bond acceptors (Lipinski definition) is 3. The minimum Gasteiger partial charge on any atom is -0.325 e. The van der Waals surface area contributed by atoms with Crippen molar-refractivity contribution in [3.63, 3.8) is 0 Å². The van der Waals surface area contributed by atoms with E-state index in [0.29, 0.717) is 12.5 Å². The van der Waals surface area contributed by atoms with Crippen LogP contribution in [0.3, 0.4) is 0 Å². The molecule has 1 aliphatic heterocycles. The maximum absolute atomic E-state index is 10.8. The molecular formula is C8H14N2O. The largest absolute Gasteiger partial charge is 0.325 e. The van der Waals surface area contributed by atoms with Crippen LogP contribution in [0.1, 0.15) is 27.2 Å². The van der Waals surface area contributed by atoms with Crippen LogP contribution >= 0.6 is 0 Å². The molecule has 62 valence electrons. The Morgan fingerprint density at radius 2 is 2.27 bits per heavy atom. The van der Waals surface area contributed by atoms with Gasteiger partial charge in [-0.15, -0.1) is 0 Å². The Kier molecular flexibility index (Phi) is 2.29. The van der Waals surface area contributed by atoms with E-state index in [0.717, 1.165) is 5.70 Å². The molecule has 1 heterocycles. The van der Waals surface area contributed by atoms with Gasteiger partial charge in [0.15, 0.2) is 0 Å². The van der Waals surface area contributed by atoms with Crippen LogP contribution in [0.5, 0.6) is 0 Å². The van der Waals surface area contributed by atoms with Crippen molar-refractivity contribution < 1.29 is 4.79 Å². The summed E-state index contributed by atoms with van der Waals surface area (Å²) in [5.41, 5.74) is 8.32. The molecule has 0 fully saturated rings. The number of allylic oxidation sites excluding steroid dienone is 1. The molecule has 0 spiro atoms. The topological polar surface area (TPSA) is 41.1 Å². The van der Waals surface area contributed by atoms with Gasteiger partial charge in [-0.2, -0.15) is 0 Å². The molecule has 0 amide bonds. The molecule has 0 radical (unpaired) electrons. The highest BCUT2D eigenvalue weighted by Gasteiger charge is 2.18. The van der Waals surface area contributed by atoms with Gasteiger partial charge in [0.05, 0.1) is 0 Å². The van der Waals surface area contributed by atoms with Crippen molar-refractivity contribution in [3.8, 4) is 0 Å². The van der Waals surface area contributed by atoms with Gasteiger partial charge in [0.25, 0.3) is 0 Å². The first-order valence-electron chi connectivity index (χ1n) is 3.82. The summed E-state index contributed by atoms with van der Waals surface area (Å²) in [5, 5.41) is 0. The Balaban J connectivity index is 2.67. The summed E-state index contributed by atoms with van der Waals surface area (Å²) < 4.78 is 0. The van der Waals surface area contributed by atoms with Crippen molar-refractivity contribution in [1.82, 2.24) is 10.9 Å². The third-order valence-electron chi connectivity index (χ3n) is 1.92. The minimum atomic E-state index is 0.219. The maximum Gasteiger partial charge on any atom is 0.133 e. The highest BCUT2D eigenvalue weighted by atomic mass is 16.1. The third kappa shape index (κ3) is 1.80. The molecule has 3 heteroatoms. The van der Waals surface area contributed by atoms with E-state index in [1.54, 1.807) is 6.92 Å². The molecule has 1 atom stereocenters. The fraction of sp³-hybridized carbons (Fsp3) is 0.625. The number of Topliss-reactive ketones (excluding diaryl/α,β-unsaturated/α-hetero) is 1. The van der Waals surface area contributed by atoms with Crippen LogP contribution in [-0.4, -0.2) is 11.8 Å². The van der Waals surface area contributed by atoms with Crippen LogP contribution in [-0.2, 0) is 4.79 Å². The van der Waals surface area contributed by atoms with E-state index in [2.05, 4.69) is 10.9 Å². The lowest BCUT2D eigenvalue weighted by molar-refractivity contribution is -0.116. The van der Waals surface area contributed by atoms with E-state index >= 15 is 0 Å². The van der Waals surface area contributed by atoms with Crippen LogP contribution in [0.15, 0.2) is 11.3 Å². The Bertz CT molecular complexity index is 208. The summed E-state index contributed by atoms with van der Waals surface area (Å²) in [4.78, 5) is 10.8. The van der Waals surface area contributed by atoms with Crippen LogP contribution in [0, 0.1) is 0 Å². The highest BCUT2D eigenvalue weighted by molar-refractivity contribution is 5.78. The highest BCUT2D eigenvalue weighted by Crippen LogP contribution is 2.15. The maximum atomic E-state index is 10.8. The molecule has 0 saturated carbocycles. The molecule has 11 heavy (non-hydrogen) atoms. The normalized spacial score (nSPS) is 23.7. The standard InChI is InChI=1S/C8H14N2O/c1-5(11)4-8-6(2)9-10-7(8)3/h6,9-10H,4H2,1-3H3. The average molecular weight is 154 g/mol. The summed E-state index contributed by atoms with van der Waals surface area (Å²) >= 11 is 0. The van der Waals surface area contributed by atoms with Crippen molar-refractivity contribution in [2.45, 2.75) is 33.2 Å². The van der Waals surface area contributed by atoms with Crippen LogP contribution in [0.4, 0.5) is 0 Å². The van der Waals surface area contributed by atoms with Gasteiger partial charge < -0.3 is 5.43 Å². The van der Waals surface area contributed by atoms with Crippen LogP contribution in [0.25, 0.3) is 0 Å². The molecular weight excluding hydrogens is 140 g/mol. The van der Waals surface area contributed by atoms with E-state index in [9.17, 15) is 4.79 Å². The molecule has 1 unspecified atom stereocenters. The van der Waals surface area contributed by atoms with Crippen molar-refractivity contribution in [2.24, 2.45) is 0 Å². The predicted molar refractivity (Wildman–Crippen MR) is 43.7 cm³/mol. The fourth-order valence-corrected chi connectivity index (χ4v) is 1.26. The van der Waals surface area contributed by atoms with Crippen molar-refractivity contribution in [1.29, 1.82) is 0 Å². The average Bonchev–Trinajstić information content (AvgIpc) is 2.18. The summed E-state index contributed by atoms with van der Waals surface area (Å²) in [7, 11) is 0. The Morgan fingerprint density at radius 1 is 1.64 bits per heavy atom. The molecule has 0 aromatic rings. The summed E-state index contributed by atoms with van der Waals surface area (Å²) in [5.74, 6) is 0.219. The fourth-order valence-electron chi connectivity index (χ4n) is 1.26. The molecule has 0 aliphatic carbocycles.